The molecule has 3 nitrogen and oxygen atoms in total. The van der Waals surface area contributed by atoms with E-state index in [0.29, 0.717) is 0 Å². The predicted octanol–water partition coefficient (Wildman–Crippen LogP) is 3.02. The third-order valence-corrected chi connectivity index (χ3v) is 4.29. The molecule has 2 rings (SSSR count). The summed E-state index contributed by atoms with van der Waals surface area (Å²) in [5.74, 6) is 0.996. The first-order valence-corrected chi connectivity index (χ1v) is 8.83. The minimum Gasteiger partial charge on any atom is -0.306 e. The highest BCUT2D eigenvalue weighted by Crippen LogP contribution is 2.19. The molecule has 0 unspecified atom stereocenters. The van der Waals surface area contributed by atoms with Crippen LogP contribution in [0.3, 0.4) is 0 Å². The fourth-order valence-corrected chi connectivity index (χ4v) is 2.79. The topological polar surface area (TPSA) is 9.72 Å². The predicted molar refractivity (Wildman–Crippen MR) is 91.5 cm³/mol. The van der Waals surface area contributed by atoms with Crippen LogP contribution in [-0.2, 0) is 0 Å². The van der Waals surface area contributed by atoms with Crippen molar-refractivity contribution in [2.24, 2.45) is 5.92 Å². The molecule has 3 heteroatoms. The van der Waals surface area contributed by atoms with Gasteiger partial charge in [-0.1, -0.05) is 27.7 Å². The van der Waals surface area contributed by atoms with E-state index in [9.17, 15) is 0 Å². The third-order valence-electron chi connectivity index (χ3n) is 4.29. The molecule has 0 aromatic heterocycles. The lowest BCUT2D eigenvalue weighted by molar-refractivity contribution is 0.135. The Morgan fingerprint density at radius 3 is 1.65 bits per heavy atom. The van der Waals surface area contributed by atoms with Gasteiger partial charge in [0.25, 0.3) is 0 Å². The average Bonchev–Trinajstić information content (AvgIpc) is 2.52. The molecule has 0 aromatic rings. The van der Waals surface area contributed by atoms with Crippen LogP contribution in [0, 0.1) is 5.92 Å². The van der Waals surface area contributed by atoms with Gasteiger partial charge in [-0.25, -0.2) is 0 Å². The fraction of sp³-hybridized carbons (Fsp3) is 1.00. The number of nitrogens with zero attached hydrogens (tertiary/aromatic N) is 3. The molecule has 122 valence electrons. The molecule has 0 saturated carbocycles. The van der Waals surface area contributed by atoms with E-state index in [2.05, 4.69) is 28.8 Å². The van der Waals surface area contributed by atoms with Crippen LogP contribution in [0.25, 0.3) is 0 Å². The van der Waals surface area contributed by atoms with Crippen LogP contribution in [0.15, 0.2) is 0 Å². The highest BCUT2D eigenvalue weighted by Gasteiger charge is 2.19. The number of hydrogen-bond acceptors (Lipinski definition) is 3. The first kappa shape index (κ1) is 19.9. The van der Waals surface area contributed by atoms with E-state index in [1.54, 1.807) is 0 Å². The van der Waals surface area contributed by atoms with Gasteiger partial charge in [-0.15, -0.1) is 0 Å². The molecule has 0 amide bonds. The number of hydrogen-bond donors (Lipinski definition) is 0. The van der Waals surface area contributed by atoms with E-state index < -0.39 is 0 Å². The van der Waals surface area contributed by atoms with Crippen molar-refractivity contribution in [1.82, 2.24) is 14.7 Å². The Morgan fingerprint density at radius 2 is 1.15 bits per heavy atom. The van der Waals surface area contributed by atoms with Gasteiger partial charge < -0.3 is 14.7 Å². The molecule has 2 saturated heterocycles. The summed E-state index contributed by atoms with van der Waals surface area (Å²) in [5, 5.41) is 0. The van der Waals surface area contributed by atoms with Crippen molar-refractivity contribution in [2.45, 2.75) is 47.0 Å². The first-order valence-electron chi connectivity index (χ1n) is 8.83. The van der Waals surface area contributed by atoms with Gasteiger partial charge in [0.05, 0.1) is 0 Å². The summed E-state index contributed by atoms with van der Waals surface area (Å²) in [7, 11) is 4.48. The van der Waals surface area contributed by atoms with Crippen LogP contribution in [-0.4, -0.2) is 74.6 Å². The van der Waals surface area contributed by atoms with Crippen LogP contribution in [0.1, 0.15) is 47.0 Å². The average molecular weight is 286 g/mol. The van der Waals surface area contributed by atoms with Gasteiger partial charge in [-0.05, 0) is 58.9 Å². The summed E-state index contributed by atoms with van der Waals surface area (Å²) >= 11 is 0. The number of piperazine rings is 1. The lowest BCUT2D eigenvalue weighted by atomic mass is 9.93. The van der Waals surface area contributed by atoms with Crippen molar-refractivity contribution in [1.29, 1.82) is 0 Å². The molecule has 0 atom stereocenters. The second kappa shape index (κ2) is 12.6. The van der Waals surface area contributed by atoms with Gasteiger partial charge in [-0.3, -0.25) is 0 Å². The Hall–Kier alpha value is -0.120. The Morgan fingerprint density at radius 1 is 0.700 bits per heavy atom. The lowest BCUT2D eigenvalue weighted by Crippen LogP contribution is -2.45. The van der Waals surface area contributed by atoms with E-state index in [1.165, 1.54) is 65.1 Å². The maximum absolute atomic E-state index is 2.65. The van der Waals surface area contributed by atoms with E-state index >= 15 is 0 Å². The fourth-order valence-electron chi connectivity index (χ4n) is 2.79. The normalized spacial score (nSPS) is 22.5. The number of likely N-dealkylation sites (tertiary alicyclic amines) is 1. The van der Waals surface area contributed by atoms with Crippen molar-refractivity contribution >= 4 is 0 Å². The van der Waals surface area contributed by atoms with Gasteiger partial charge in [-0.2, -0.15) is 0 Å². The van der Waals surface area contributed by atoms with E-state index in [0.717, 1.165) is 5.92 Å². The smallest absolute Gasteiger partial charge is 0.0110 e. The molecular formula is C17H39N3. The summed E-state index contributed by atoms with van der Waals surface area (Å²) in [6.45, 7) is 17.0. The van der Waals surface area contributed by atoms with Crippen LogP contribution in [0.4, 0.5) is 0 Å². The largest absolute Gasteiger partial charge is 0.306 e. The molecule has 20 heavy (non-hydrogen) atoms. The Bertz CT molecular complexity index is 170. The quantitative estimate of drug-likeness (QED) is 0.789. The van der Waals surface area contributed by atoms with Crippen LogP contribution in [0.2, 0.25) is 0 Å². The molecule has 0 aromatic carbocycles. The van der Waals surface area contributed by atoms with Crippen molar-refractivity contribution in [3.8, 4) is 0 Å². The molecule has 2 fully saturated rings. The monoisotopic (exact) mass is 285 g/mol. The van der Waals surface area contributed by atoms with E-state index in [4.69, 9.17) is 0 Å². The van der Waals surface area contributed by atoms with Gasteiger partial charge in [0.2, 0.25) is 0 Å². The van der Waals surface area contributed by atoms with E-state index in [-0.39, 0.29) is 0 Å². The third kappa shape index (κ3) is 8.23. The van der Waals surface area contributed by atoms with Gasteiger partial charge in [0, 0.05) is 26.2 Å². The Balaban J connectivity index is 0.000000829. The Kier molecular flexibility index (Phi) is 12.5. The molecular weight excluding hydrogens is 246 g/mol. The second-order valence-corrected chi connectivity index (χ2v) is 5.68. The van der Waals surface area contributed by atoms with Gasteiger partial charge >= 0.3 is 0 Å². The molecule has 2 aliphatic rings. The number of likely N-dealkylation sites (N-methyl/N-ethyl adjacent to an activating group) is 1. The molecule has 0 bridgehead atoms. The van der Waals surface area contributed by atoms with E-state index in [1.807, 2.05) is 27.7 Å². The highest BCUT2D eigenvalue weighted by atomic mass is 15.2. The van der Waals surface area contributed by atoms with Crippen molar-refractivity contribution in [3.63, 3.8) is 0 Å². The SMILES string of the molecule is CC.CC.CN1CCC(CCN2CCN(C)CC2)CC1. The molecule has 0 radical (unpaired) electrons. The summed E-state index contributed by atoms with van der Waals surface area (Å²) in [6, 6.07) is 0. The molecule has 0 spiro atoms. The standard InChI is InChI=1S/C13H27N3.2C2H6/c1-14-6-3-13(4-7-14)5-8-16-11-9-15(2)10-12-16;2*1-2/h13H,3-12H2,1-2H3;2*1-2H3. The zero-order valence-corrected chi connectivity index (χ0v) is 15.0. The van der Waals surface area contributed by atoms with Gasteiger partial charge in [0.15, 0.2) is 0 Å². The number of rotatable bonds is 3. The zero-order chi connectivity index (χ0) is 15.4. The zero-order valence-electron chi connectivity index (χ0n) is 15.0. The summed E-state index contributed by atoms with van der Waals surface area (Å²) in [6.07, 6.45) is 4.27. The molecule has 2 heterocycles. The van der Waals surface area contributed by atoms with Gasteiger partial charge in [0.1, 0.15) is 0 Å². The Labute approximate surface area is 128 Å². The minimum atomic E-state index is 0.996. The van der Waals surface area contributed by atoms with Crippen molar-refractivity contribution < 1.29 is 0 Å². The molecule has 0 N–H and O–H groups in total. The lowest BCUT2D eigenvalue weighted by Gasteiger charge is -2.34. The summed E-state index contributed by atoms with van der Waals surface area (Å²) in [5.41, 5.74) is 0. The summed E-state index contributed by atoms with van der Waals surface area (Å²) < 4.78 is 0. The van der Waals surface area contributed by atoms with Crippen molar-refractivity contribution in [2.75, 3.05) is 59.9 Å². The maximum atomic E-state index is 2.65. The summed E-state index contributed by atoms with van der Waals surface area (Å²) in [4.78, 5) is 7.55. The second-order valence-electron chi connectivity index (χ2n) is 5.68. The molecule has 2 aliphatic heterocycles. The highest BCUT2D eigenvalue weighted by molar-refractivity contribution is 4.74. The van der Waals surface area contributed by atoms with Crippen LogP contribution >= 0.6 is 0 Å². The number of piperidine rings is 1. The molecule has 0 aliphatic carbocycles. The first-order chi connectivity index (χ1) is 9.74. The van der Waals surface area contributed by atoms with Crippen molar-refractivity contribution in [3.05, 3.63) is 0 Å². The maximum Gasteiger partial charge on any atom is 0.0110 e. The van der Waals surface area contributed by atoms with Crippen LogP contribution in [0.5, 0.6) is 0 Å². The van der Waals surface area contributed by atoms with Crippen LogP contribution < -0.4 is 0 Å². The minimum absolute atomic E-state index is 0.996.